The van der Waals surface area contributed by atoms with E-state index in [9.17, 15) is 13.2 Å². The molecule has 0 fully saturated rings. The Morgan fingerprint density at radius 1 is 1.14 bits per heavy atom. The van der Waals surface area contributed by atoms with E-state index < -0.39 is 17.8 Å². The lowest BCUT2D eigenvalue weighted by atomic mass is 9.80. The predicted molar refractivity (Wildman–Crippen MR) is 78.1 cm³/mol. The average Bonchev–Trinajstić information content (AvgIpc) is 2.36. The first kappa shape index (κ1) is 18.0. The number of ether oxygens (including phenoxy) is 1. The standard InChI is InChI=1S/C16H24F3NO/c1-6-20-13(14(21-5)15(2,3)4)11-9-7-8-10-12(11)16(17,18)19/h7-10,13-14,20H,6H2,1-5H3. The molecular weight excluding hydrogens is 279 g/mol. The van der Waals surface area contributed by atoms with Crippen LogP contribution in [0.4, 0.5) is 13.2 Å². The van der Waals surface area contributed by atoms with Crippen LogP contribution < -0.4 is 5.32 Å². The number of likely N-dealkylation sites (N-methyl/N-ethyl adjacent to an activating group) is 1. The number of halogens is 3. The van der Waals surface area contributed by atoms with Crippen LogP contribution in [0.25, 0.3) is 0 Å². The molecule has 1 rings (SSSR count). The van der Waals surface area contributed by atoms with E-state index in [1.807, 2.05) is 27.7 Å². The first-order valence-electron chi connectivity index (χ1n) is 7.05. The first-order valence-corrected chi connectivity index (χ1v) is 7.05. The maximum atomic E-state index is 13.2. The SMILES string of the molecule is CCNC(c1ccccc1C(F)(F)F)C(OC)C(C)(C)C. The fourth-order valence-electron chi connectivity index (χ4n) is 2.62. The molecule has 0 aliphatic heterocycles. The van der Waals surface area contributed by atoms with Crippen molar-refractivity contribution < 1.29 is 17.9 Å². The van der Waals surface area contributed by atoms with Crippen molar-refractivity contribution in [1.82, 2.24) is 5.32 Å². The quantitative estimate of drug-likeness (QED) is 0.869. The molecule has 0 spiro atoms. The molecule has 21 heavy (non-hydrogen) atoms. The summed E-state index contributed by atoms with van der Waals surface area (Å²) in [5, 5.41) is 3.14. The largest absolute Gasteiger partial charge is 0.416 e. The van der Waals surface area contributed by atoms with Gasteiger partial charge in [0.05, 0.1) is 17.7 Å². The topological polar surface area (TPSA) is 21.3 Å². The molecule has 0 heterocycles. The van der Waals surface area contributed by atoms with E-state index in [-0.39, 0.29) is 17.1 Å². The van der Waals surface area contributed by atoms with Gasteiger partial charge in [0, 0.05) is 7.11 Å². The maximum absolute atomic E-state index is 13.2. The molecular formula is C16H24F3NO. The van der Waals surface area contributed by atoms with Crippen LogP contribution in [0.15, 0.2) is 24.3 Å². The molecule has 120 valence electrons. The number of alkyl halides is 3. The zero-order valence-corrected chi connectivity index (χ0v) is 13.2. The highest BCUT2D eigenvalue weighted by molar-refractivity contribution is 5.33. The number of hydrogen-bond acceptors (Lipinski definition) is 2. The van der Waals surface area contributed by atoms with Crippen LogP contribution in [0, 0.1) is 5.41 Å². The van der Waals surface area contributed by atoms with Crippen molar-refractivity contribution in [2.45, 2.75) is 46.0 Å². The van der Waals surface area contributed by atoms with E-state index in [4.69, 9.17) is 4.74 Å². The maximum Gasteiger partial charge on any atom is 0.416 e. The van der Waals surface area contributed by atoms with E-state index in [1.54, 1.807) is 6.07 Å². The molecule has 0 aliphatic carbocycles. The number of benzene rings is 1. The van der Waals surface area contributed by atoms with Crippen molar-refractivity contribution in [3.05, 3.63) is 35.4 Å². The van der Waals surface area contributed by atoms with Crippen LogP contribution in [0.1, 0.15) is 44.9 Å². The third-order valence-electron chi connectivity index (χ3n) is 3.44. The van der Waals surface area contributed by atoms with E-state index in [0.29, 0.717) is 6.54 Å². The first-order chi connectivity index (χ1) is 9.62. The fourth-order valence-corrected chi connectivity index (χ4v) is 2.62. The van der Waals surface area contributed by atoms with Crippen LogP contribution in [-0.4, -0.2) is 19.8 Å². The summed E-state index contributed by atoms with van der Waals surface area (Å²) in [4.78, 5) is 0. The molecule has 0 amide bonds. The van der Waals surface area contributed by atoms with E-state index in [0.717, 1.165) is 6.07 Å². The van der Waals surface area contributed by atoms with Crippen molar-refractivity contribution >= 4 is 0 Å². The summed E-state index contributed by atoms with van der Waals surface area (Å²) in [7, 11) is 1.54. The Balaban J connectivity index is 3.36. The predicted octanol–water partition coefficient (Wildman–Crippen LogP) is 4.42. The van der Waals surface area contributed by atoms with Crippen LogP contribution in [0.5, 0.6) is 0 Å². The molecule has 0 aromatic heterocycles. The summed E-state index contributed by atoms with van der Waals surface area (Å²) in [6.45, 7) is 8.32. The summed E-state index contributed by atoms with van der Waals surface area (Å²) in [5.41, 5.74) is -0.670. The number of nitrogens with one attached hydrogen (secondary N) is 1. The molecule has 1 aromatic rings. The van der Waals surface area contributed by atoms with Crippen molar-refractivity contribution in [2.75, 3.05) is 13.7 Å². The van der Waals surface area contributed by atoms with Gasteiger partial charge in [-0.25, -0.2) is 0 Å². The van der Waals surface area contributed by atoms with Crippen molar-refractivity contribution in [1.29, 1.82) is 0 Å². The highest BCUT2D eigenvalue weighted by Crippen LogP contribution is 2.39. The van der Waals surface area contributed by atoms with Crippen LogP contribution in [0.3, 0.4) is 0 Å². The molecule has 0 saturated heterocycles. The van der Waals surface area contributed by atoms with Gasteiger partial charge in [-0.15, -0.1) is 0 Å². The Labute approximate surface area is 124 Å². The summed E-state index contributed by atoms with van der Waals surface area (Å²) in [5.74, 6) is 0. The fraction of sp³-hybridized carbons (Fsp3) is 0.625. The van der Waals surface area contributed by atoms with Gasteiger partial charge in [0.15, 0.2) is 0 Å². The normalized spacial score (nSPS) is 15.8. The van der Waals surface area contributed by atoms with Gasteiger partial charge in [0.25, 0.3) is 0 Å². The molecule has 0 aliphatic rings. The van der Waals surface area contributed by atoms with Crippen molar-refractivity contribution in [3.8, 4) is 0 Å². The number of rotatable bonds is 5. The molecule has 1 aromatic carbocycles. The third-order valence-corrected chi connectivity index (χ3v) is 3.44. The molecule has 2 atom stereocenters. The third kappa shape index (κ3) is 4.45. The molecule has 1 N–H and O–H groups in total. The highest BCUT2D eigenvalue weighted by atomic mass is 19.4. The number of hydrogen-bond donors (Lipinski definition) is 1. The van der Waals surface area contributed by atoms with E-state index in [1.165, 1.54) is 19.2 Å². The average molecular weight is 303 g/mol. The van der Waals surface area contributed by atoms with Gasteiger partial charge in [-0.3, -0.25) is 0 Å². The van der Waals surface area contributed by atoms with Crippen LogP contribution in [0.2, 0.25) is 0 Å². The zero-order chi connectivity index (χ0) is 16.3. The van der Waals surface area contributed by atoms with Crippen molar-refractivity contribution in [3.63, 3.8) is 0 Å². The molecule has 0 bridgehead atoms. The Bertz CT molecular complexity index is 452. The Morgan fingerprint density at radius 3 is 2.14 bits per heavy atom. The lowest BCUT2D eigenvalue weighted by Crippen LogP contribution is -2.42. The molecule has 2 unspecified atom stereocenters. The summed E-state index contributed by atoms with van der Waals surface area (Å²) < 4.78 is 45.3. The second-order valence-corrected chi connectivity index (χ2v) is 6.14. The minimum Gasteiger partial charge on any atom is -0.379 e. The van der Waals surface area contributed by atoms with Crippen LogP contribution >= 0.6 is 0 Å². The van der Waals surface area contributed by atoms with Gasteiger partial charge in [0.2, 0.25) is 0 Å². The summed E-state index contributed by atoms with van der Waals surface area (Å²) in [6, 6.07) is 5.17. The lowest BCUT2D eigenvalue weighted by Gasteiger charge is -2.37. The second-order valence-electron chi connectivity index (χ2n) is 6.14. The van der Waals surface area contributed by atoms with Gasteiger partial charge in [-0.05, 0) is 23.6 Å². The smallest absolute Gasteiger partial charge is 0.379 e. The second kappa shape index (κ2) is 6.79. The summed E-state index contributed by atoms with van der Waals surface area (Å²) in [6.07, 6.45) is -4.75. The monoisotopic (exact) mass is 303 g/mol. The van der Waals surface area contributed by atoms with Gasteiger partial charge >= 0.3 is 6.18 Å². The van der Waals surface area contributed by atoms with Gasteiger partial charge in [-0.1, -0.05) is 45.9 Å². The Kier molecular flexibility index (Phi) is 5.82. The Morgan fingerprint density at radius 2 is 1.71 bits per heavy atom. The van der Waals surface area contributed by atoms with Gasteiger partial charge < -0.3 is 10.1 Å². The lowest BCUT2D eigenvalue weighted by molar-refractivity contribution is -0.139. The Hall–Kier alpha value is -1.07. The van der Waals surface area contributed by atoms with Gasteiger partial charge in [0.1, 0.15) is 0 Å². The minimum absolute atomic E-state index is 0.230. The van der Waals surface area contributed by atoms with E-state index >= 15 is 0 Å². The van der Waals surface area contributed by atoms with Crippen molar-refractivity contribution in [2.24, 2.45) is 5.41 Å². The zero-order valence-electron chi connectivity index (χ0n) is 13.2. The minimum atomic E-state index is -4.37. The number of methoxy groups -OCH3 is 1. The van der Waals surface area contributed by atoms with Gasteiger partial charge in [-0.2, -0.15) is 13.2 Å². The molecule has 2 nitrogen and oxygen atoms in total. The molecule has 0 saturated carbocycles. The highest BCUT2D eigenvalue weighted by Gasteiger charge is 2.39. The molecule has 5 heteroatoms. The van der Waals surface area contributed by atoms with Crippen LogP contribution in [-0.2, 0) is 10.9 Å². The summed E-state index contributed by atoms with van der Waals surface area (Å²) >= 11 is 0. The molecule has 0 radical (unpaired) electrons. The van der Waals surface area contributed by atoms with E-state index in [2.05, 4.69) is 5.32 Å².